The fourth-order valence-corrected chi connectivity index (χ4v) is 1.78. The van der Waals surface area contributed by atoms with E-state index in [1.807, 2.05) is 30.3 Å². The summed E-state index contributed by atoms with van der Waals surface area (Å²) in [6, 6.07) is 9.40. The maximum absolute atomic E-state index is 11.7. The summed E-state index contributed by atoms with van der Waals surface area (Å²) in [6.07, 6.45) is 0.616. The molecule has 0 atom stereocenters. The van der Waals surface area contributed by atoms with Crippen LogP contribution < -0.4 is 5.56 Å². The molecule has 0 bridgehead atoms. The Morgan fingerprint density at radius 1 is 1.06 bits per heavy atom. The minimum Gasteiger partial charge on any atom is -0.298 e. The van der Waals surface area contributed by atoms with E-state index in [1.54, 1.807) is 18.8 Å². The Labute approximate surface area is 92.7 Å². The van der Waals surface area contributed by atoms with Crippen LogP contribution in [0.4, 0.5) is 0 Å². The molecule has 0 spiro atoms. The minimum absolute atomic E-state index is 0.205. The van der Waals surface area contributed by atoms with Crippen molar-refractivity contribution in [3.05, 3.63) is 46.2 Å². The fraction of sp³-hybridized carbons (Fsp3) is 0.167. The lowest BCUT2D eigenvalue weighted by molar-refractivity contribution is 0.112. The normalized spacial score (nSPS) is 10.4. The van der Waals surface area contributed by atoms with Crippen LogP contribution in [0, 0.1) is 0 Å². The summed E-state index contributed by atoms with van der Waals surface area (Å²) in [4.78, 5) is 22.7. The first-order valence-corrected chi connectivity index (χ1v) is 4.93. The van der Waals surface area contributed by atoms with Crippen LogP contribution in [0.15, 0.2) is 35.1 Å². The van der Waals surface area contributed by atoms with Gasteiger partial charge in [-0.2, -0.15) is 0 Å². The second-order valence-electron chi connectivity index (χ2n) is 3.60. The van der Waals surface area contributed by atoms with Crippen LogP contribution in [0.25, 0.3) is 11.3 Å². The van der Waals surface area contributed by atoms with Crippen molar-refractivity contribution in [2.24, 2.45) is 14.1 Å². The summed E-state index contributed by atoms with van der Waals surface area (Å²) in [7, 11) is 3.40. The van der Waals surface area contributed by atoms with Crippen molar-refractivity contribution in [2.45, 2.75) is 0 Å². The lowest BCUT2D eigenvalue weighted by Gasteiger charge is -2.05. The molecule has 82 valence electrons. The Morgan fingerprint density at radius 3 is 2.25 bits per heavy atom. The number of nitrogens with zero attached hydrogens (tertiary/aromatic N) is 2. The zero-order valence-corrected chi connectivity index (χ0v) is 9.18. The molecule has 0 aliphatic rings. The molecule has 1 heterocycles. The standard InChI is InChI=1S/C12H12N2O2/c1-13-11(9-6-4-3-5-7-9)10(8-15)12(16)14(13)2/h3-8H,1-2H3. The van der Waals surface area contributed by atoms with Crippen molar-refractivity contribution in [3.63, 3.8) is 0 Å². The van der Waals surface area contributed by atoms with E-state index in [2.05, 4.69) is 0 Å². The summed E-state index contributed by atoms with van der Waals surface area (Å²) in [6.45, 7) is 0. The highest BCUT2D eigenvalue weighted by atomic mass is 16.1. The lowest BCUT2D eigenvalue weighted by Crippen LogP contribution is -2.18. The van der Waals surface area contributed by atoms with E-state index >= 15 is 0 Å². The highest BCUT2D eigenvalue weighted by Crippen LogP contribution is 2.19. The predicted molar refractivity (Wildman–Crippen MR) is 61.5 cm³/mol. The van der Waals surface area contributed by atoms with Gasteiger partial charge in [-0.05, 0) is 0 Å². The summed E-state index contributed by atoms with van der Waals surface area (Å²) >= 11 is 0. The number of hydrogen-bond acceptors (Lipinski definition) is 2. The first-order chi connectivity index (χ1) is 7.66. The van der Waals surface area contributed by atoms with E-state index in [0.717, 1.165) is 5.56 Å². The molecule has 16 heavy (non-hydrogen) atoms. The van der Waals surface area contributed by atoms with Crippen molar-refractivity contribution in [3.8, 4) is 11.3 Å². The van der Waals surface area contributed by atoms with E-state index < -0.39 is 0 Å². The first kappa shape index (κ1) is 10.4. The summed E-state index contributed by atoms with van der Waals surface area (Å²) < 4.78 is 3.10. The van der Waals surface area contributed by atoms with Crippen molar-refractivity contribution in [1.29, 1.82) is 0 Å². The number of rotatable bonds is 2. The highest BCUT2D eigenvalue weighted by molar-refractivity contribution is 5.85. The molecule has 2 rings (SSSR count). The van der Waals surface area contributed by atoms with Crippen LogP contribution in [0.3, 0.4) is 0 Å². The molecule has 4 heteroatoms. The number of hydrogen-bond donors (Lipinski definition) is 0. The van der Waals surface area contributed by atoms with Gasteiger partial charge in [-0.25, -0.2) is 0 Å². The highest BCUT2D eigenvalue weighted by Gasteiger charge is 2.16. The van der Waals surface area contributed by atoms with Crippen LogP contribution in [-0.2, 0) is 14.1 Å². The number of aldehydes is 1. The molecule has 1 aromatic heterocycles. The molecule has 0 saturated carbocycles. The molecule has 2 aromatic rings. The average Bonchev–Trinajstić information content (AvgIpc) is 2.54. The fourth-order valence-electron chi connectivity index (χ4n) is 1.78. The van der Waals surface area contributed by atoms with Gasteiger partial charge in [-0.15, -0.1) is 0 Å². The largest absolute Gasteiger partial charge is 0.298 e. The molecular formula is C12H12N2O2. The molecule has 4 nitrogen and oxygen atoms in total. The topological polar surface area (TPSA) is 44.0 Å². The number of benzene rings is 1. The third-order valence-corrected chi connectivity index (χ3v) is 2.72. The minimum atomic E-state index is -0.267. The van der Waals surface area contributed by atoms with Gasteiger partial charge in [-0.1, -0.05) is 30.3 Å². The van der Waals surface area contributed by atoms with E-state index in [0.29, 0.717) is 12.0 Å². The third-order valence-electron chi connectivity index (χ3n) is 2.72. The molecular weight excluding hydrogens is 204 g/mol. The summed E-state index contributed by atoms with van der Waals surface area (Å²) in [5, 5.41) is 0. The maximum atomic E-state index is 11.7. The van der Waals surface area contributed by atoms with Gasteiger partial charge in [0, 0.05) is 19.7 Å². The number of aromatic nitrogens is 2. The molecule has 0 unspecified atom stereocenters. The van der Waals surface area contributed by atoms with Crippen LogP contribution in [0.1, 0.15) is 10.4 Å². The van der Waals surface area contributed by atoms with E-state index in [4.69, 9.17) is 0 Å². The lowest BCUT2D eigenvalue weighted by atomic mass is 10.1. The van der Waals surface area contributed by atoms with E-state index in [9.17, 15) is 9.59 Å². The van der Waals surface area contributed by atoms with Gasteiger partial charge in [-0.3, -0.25) is 19.0 Å². The summed E-state index contributed by atoms with van der Waals surface area (Å²) in [5.74, 6) is 0. The van der Waals surface area contributed by atoms with Crippen LogP contribution in [-0.4, -0.2) is 15.6 Å². The average molecular weight is 216 g/mol. The van der Waals surface area contributed by atoms with Gasteiger partial charge in [0.1, 0.15) is 5.56 Å². The van der Waals surface area contributed by atoms with Gasteiger partial charge < -0.3 is 0 Å². The van der Waals surface area contributed by atoms with Gasteiger partial charge in [0.15, 0.2) is 6.29 Å². The Morgan fingerprint density at radius 2 is 1.69 bits per heavy atom. The van der Waals surface area contributed by atoms with Gasteiger partial charge in [0.25, 0.3) is 5.56 Å². The molecule has 0 amide bonds. The van der Waals surface area contributed by atoms with Gasteiger partial charge >= 0.3 is 0 Å². The Kier molecular flexibility index (Phi) is 2.48. The third kappa shape index (κ3) is 1.39. The van der Waals surface area contributed by atoms with Crippen molar-refractivity contribution < 1.29 is 4.79 Å². The number of carbonyl (C=O) groups is 1. The van der Waals surface area contributed by atoms with Crippen molar-refractivity contribution in [2.75, 3.05) is 0 Å². The Hall–Kier alpha value is -2.10. The van der Waals surface area contributed by atoms with Gasteiger partial charge in [0.2, 0.25) is 0 Å². The summed E-state index contributed by atoms with van der Waals surface area (Å²) in [5.41, 5.74) is 1.46. The van der Waals surface area contributed by atoms with Crippen molar-refractivity contribution >= 4 is 6.29 Å². The maximum Gasteiger partial charge on any atom is 0.277 e. The molecule has 1 aromatic carbocycles. The zero-order chi connectivity index (χ0) is 11.7. The Balaban J connectivity index is 2.80. The molecule has 0 aliphatic carbocycles. The predicted octanol–water partition coefficient (Wildman–Crippen LogP) is 1.20. The smallest absolute Gasteiger partial charge is 0.277 e. The second kappa shape index (κ2) is 3.81. The molecule has 0 aliphatic heterocycles. The quantitative estimate of drug-likeness (QED) is 0.708. The molecule has 0 N–H and O–H groups in total. The van der Waals surface area contributed by atoms with Crippen LogP contribution in [0.5, 0.6) is 0 Å². The molecule has 0 radical (unpaired) electrons. The van der Waals surface area contributed by atoms with E-state index in [-0.39, 0.29) is 11.1 Å². The number of carbonyl (C=O) groups excluding carboxylic acids is 1. The zero-order valence-electron chi connectivity index (χ0n) is 9.18. The van der Waals surface area contributed by atoms with Gasteiger partial charge in [0.05, 0.1) is 5.69 Å². The van der Waals surface area contributed by atoms with Crippen LogP contribution in [0.2, 0.25) is 0 Å². The Bertz CT molecular complexity index is 579. The van der Waals surface area contributed by atoms with Crippen molar-refractivity contribution in [1.82, 2.24) is 9.36 Å². The van der Waals surface area contributed by atoms with Crippen LogP contribution >= 0.6 is 0 Å². The first-order valence-electron chi connectivity index (χ1n) is 4.93. The SMILES string of the molecule is Cn1c(-c2ccccc2)c(C=O)c(=O)n1C. The second-order valence-corrected chi connectivity index (χ2v) is 3.60. The monoisotopic (exact) mass is 216 g/mol. The molecule has 0 saturated heterocycles. The molecule has 0 fully saturated rings. The van der Waals surface area contributed by atoms with E-state index in [1.165, 1.54) is 4.68 Å².